The van der Waals surface area contributed by atoms with Gasteiger partial charge in [-0.15, -0.1) is 0 Å². The predicted octanol–water partition coefficient (Wildman–Crippen LogP) is 4.47. The van der Waals surface area contributed by atoms with Gasteiger partial charge in [-0.3, -0.25) is 9.69 Å². The van der Waals surface area contributed by atoms with Gasteiger partial charge in [-0.2, -0.15) is 0 Å². The third-order valence-corrected chi connectivity index (χ3v) is 4.16. The van der Waals surface area contributed by atoms with Crippen molar-refractivity contribution in [1.82, 2.24) is 4.90 Å². The summed E-state index contributed by atoms with van der Waals surface area (Å²) in [6, 6.07) is 10.7. The average Bonchev–Trinajstić information content (AvgIpc) is 2.59. The van der Waals surface area contributed by atoms with E-state index in [1.54, 1.807) is 25.3 Å². The highest BCUT2D eigenvalue weighted by atomic mass is 35.5. The van der Waals surface area contributed by atoms with Crippen molar-refractivity contribution in [1.29, 1.82) is 0 Å². The number of anilines is 1. The topological polar surface area (TPSA) is 50.8 Å². The zero-order chi connectivity index (χ0) is 19.1. The molecule has 0 aliphatic carbocycles. The molecule has 0 fully saturated rings. The first-order valence-electron chi connectivity index (χ1n) is 8.16. The predicted molar refractivity (Wildman–Crippen MR) is 106 cm³/mol. The molecule has 0 unspecified atom stereocenters. The molecular weight excluding hydrogens is 375 g/mol. The van der Waals surface area contributed by atoms with Crippen LogP contribution in [0.4, 0.5) is 5.69 Å². The SMILES string of the molecule is CCOc1ccc(CN(C)CC(=O)Nc2cc(Cl)ccc2Cl)cc1OC. The van der Waals surface area contributed by atoms with Crippen LogP contribution in [-0.2, 0) is 11.3 Å². The molecule has 1 N–H and O–H groups in total. The molecule has 0 aliphatic heterocycles. The van der Waals surface area contributed by atoms with E-state index in [2.05, 4.69) is 5.32 Å². The first-order chi connectivity index (χ1) is 12.4. The molecule has 7 heteroatoms. The van der Waals surface area contributed by atoms with Crippen LogP contribution >= 0.6 is 23.2 Å². The highest BCUT2D eigenvalue weighted by molar-refractivity contribution is 6.35. The van der Waals surface area contributed by atoms with E-state index in [1.165, 1.54) is 0 Å². The molecule has 0 aromatic heterocycles. The first kappa shape index (κ1) is 20.4. The number of carbonyl (C=O) groups excluding carboxylic acids is 1. The van der Waals surface area contributed by atoms with Crippen LogP contribution in [-0.4, -0.2) is 38.1 Å². The molecule has 0 atom stereocenters. The third-order valence-electron chi connectivity index (χ3n) is 3.60. The molecule has 0 bridgehead atoms. The Labute approximate surface area is 163 Å². The van der Waals surface area contributed by atoms with Crippen LogP contribution in [0, 0.1) is 0 Å². The molecule has 0 radical (unpaired) electrons. The lowest BCUT2D eigenvalue weighted by molar-refractivity contribution is -0.117. The summed E-state index contributed by atoms with van der Waals surface area (Å²) in [4.78, 5) is 14.1. The maximum atomic E-state index is 12.2. The number of ether oxygens (including phenoxy) is 2. The second kappa shape index (κ2) is 9.67. The van der Waals surface area contributed by atoms with E-state index in [-0.39, 0.29) is 12.5 Å². The fourth-order valence-electron chi connectivity index (χ4n) is 2.48. The Hall–Kier alpha value is -1.95. The van der Waals surface area contributed by atoms with Gasteiger partial charge in [-0.1, -0.05) is 29.3 Å². The van der Waals surface area contributed by atoms with E-state index in [0.29, 0.717) is 40.4 Å². The number of carbonyl (C=O) groups is 1. The zero-order valence-electron chi connectivity index (χ0n) is 15.0. The molecule has 5 nitrogen and oxygen atoms in total. The van der Waals surface area contributed by atoms with Crippen LogP contribution in [0.25, 0.3) is 0 Å². The Morgan fingerprint density at radius 1 is 1.15 bits per heavy atom. The molecule has 0 spiro atoms. The molecule has 0 aliphatic rings. The maximum Gasteiger partial charge on any atom is 0.238 e. The van der Waals surface area contributed by atoms with Crippen LogP contribution in [0.1, 0.15) is 12.5 Å². The van der Waals surface area contributed by atoms with Crippen molar-refractivity contribution < 1.29 is 14.3 Å². The van der Waals surface area contributed by atoms with Crippen molar-refractivity contribution in [2.75, 3.05) is 32.6 Å². The van der Waals surface area contributed by atoms with Gasteiger partial charge in [0.15, 0.2) is 11.5 Å². The summed E-state index contributed by atoms with van der Waals surface area (Å²) >= 11 is 12.0. The summed E-state index contributed by atoms with van der Waals surface area (Å²) < 4.78 is 10.9. The van der Waals surface area contributed by atoms with E-state index in [4.69, 9.17) is 32.7 Å². The second-order valence-electron chi connectivity index (χ2n) is 5.76. The summed E-state index contributed by atoms with van der Waals surface area (Å²) in [5, 5.41) is 3.73. The molecule has 2 aromatic rings. The van der Waals surface area contributed by atoms with Crippen molar-refractivity contribution in [2.45, 2.75) is 13.5 Å². The van der Waals surface area contributed by atoms with Gasteiger partial charge in [0.25, 0.3) is 0 Å². The summed E-state index contributed by atoms with van der Waals surface area (Å²) in [6.07, 6.45) is 0. The number of methoxy groups -OCH3 is 1. The lowest BCUT2D eigenvalue weighted by atomic mass is 10.2. The van der Waals surface area contributed by atoms with Crippen LogP contribution in [0.3, 0.4) is 0 Å². The molecule has 1 amide bonds. The molecular formula is C19H22Cl2N2O3. The Bertz CT molecular complexity index is 768. The molecule has 0 heterocycles. The van der Waals surface area contributed by atoms with Crippen LogP contribution in [0.15, 0.2) is 36.4 Å². The summed E-state index contributed by atoms with van der Waals surface area (Å²) in [7, 11) is 3.47. The Morgan fingerprint density at radius 3 is 2.62 bits per heavy atom. The Morgan fingerprint density at radius 2 is 1.92 bits per heavy atom. The number of halogens is 2. The van der Waals surface area contributed by atoms with Gasteiger partial charge in [-0.25, -0.2) is 0 Å². The summed E-state index contributed by atoms with van der Waals surface area (Å²) in [6.45, 7) is 3.28. The lowest BCUT2D eigenvalue weighted by Gasteiger charge is -2.18. The number of nitrogens with one attached hydrogen (secondary N) is 1. The maximum absolute atomic E-state index is 12.2. The van der Waals surface area contributed by atoms with Crippen LogP contribution < -0.4 is 14.8 Å². The van der Waals surface area contributed by atoms with E-state index >= 15 is 0 Å². The molecule has 140 valence electrons. The highest BCUT2D eigenvalue weighted by Gasteiger charge is 2.12. The number of hydrogen-bond acceptors (Lipinski definition) is 4. The zero-order valence-corrected chi connectivity index (χ0v) is 16.5. The monoisotopic (exact) mass is 396 g/mol. The summed E-state index contributed by atoms with van der Waals surface area (Å²) in [5.74, 6) is 1.21. The fraction of sp³-hybridized carbons (Fsp3) is 0.316. The summed E-state index contributed by atoms with van der Waals surface area (Å²) in [5.41, 5.74) is 1.52. The van der Waals surface area contributed by atoms with Gasteiger partial charge < -0.3 is 14.8 Å². The van der Waals surface area contributed by atoms with Gasteiger partial charge in [0.1, 0.15) is 0 Å². The van der Waals surface area contributed by atoms with Gasteiger partial charge in [0, 0.05) is 11.6 Å². The minimum Gasteiger partial charge on any atom is -0.493 e. The van der Waals surface area contributed by atoms with Crippen molar-refractivity contribution in [3.63, 3.8) is 0 Å². The van der Waals surface area contributed by atoms with Gasteiger partial charge in [0.2, 0.25) is 5.91 Å². The molecule has 0 saturated heterocycles. The van der Waals surface area contributed by atoms with Gasteiger partial charge >= 0.3 is 0 Å². The number of amides is 1. The third kappa shape index (κ3) is 5.80. The van der Waals surface area contributed by atoms with E-state index in [0.717, 1.165) is 5.56 Å². The van der Waals surface area contributed by atoms with Crippen molar-refractivity contribution in [2.24, 2.45) is 0 Å². The molecule has 2 rings (SSSR count). The lowest BCUT2D eigenvalue weighted by Crippen LogP contribution is -2.29. The number of rotatable bonds is 8. The van der Waals surface area contributed by atoms with Crippen LogP contribution in [0.5, 0.6) is 11.5 Å². The Balaban J connectivity index is 1.96. The number of hydrogen-bond donors (Lipinski definition) is 1. The van der Waals surface area contributed by atoms with E-state index in [1.807, 2.05) is 37.1 Å². The van der Waals surface area contributed by atoms with Crippen molar-refractivity contribution in [3.05, 3.63) is 52.0 Å². The van der Waals surface area contributed by atoms with Gasteiger partial charge in [0.05, 0.1) is 31.0 Å². The normalized spacial score (nSPS) is 10.7. The van der Waals surface area contributed by atoms with Crippen LogP contribution in [0.2, 0.25) is 10.0 Å². The molecule has 2 aromatic carbocycles. The molecule has 0 saturated carbocycles. The van der Waals surface area contributed by atoms with E-state index < -0.39 is 0 Å². The number of nitrogens with zero attached hydrogens (tertiary/aromatic N) is 1. The largest absolute Gasteiger partial charge is 0.493 e. The standard InChI is InChI=1S/C19H22Cl2N2O3/c1-4-26-17-8-5-13(9-18(17)25-3)11-23(2)12-19(24)22-16-10-14(20)6-7-15(16)21/h5-10H,4,11-12H2,1-3H3,(H,22,24). The first-order valence-corrected chi connectivity index (χ1v) is 8.91. The Kier molecular flexibility index (Phi) is 7.57. The minimum atomic E-state index is -0.172. The van der Waals surface area contributed by atoms with Crippen molar-refractivity contribution >= 4 is 34.8 Å². The van der Waals surface area contributed by atoms with Gasteiger partial charge in [-0.05, 0) is 49.9 Å². The quantitative estimate of drug-likeness (QED) is 0.714. The number of benzene rings is 2. The smallest absolute Gasteiger partial charge is 0.238 e. The van der Waals surface area contributed by atoms with Crippen molar-refractivity contribution in [3.8, 4) is 11.5 Å². The number of likely N-dealkylation sites (N-methyl/N-ethyl adjacent to an activating group) is 1. The second-order valence-corrected chi connectivity index (χ2v) is 6.61. The average molecular weight is 397 g/mol. The highest BCUT2D eigenvalue weighted by Crippen LogP contribution is 2.28. The van der Waals surface area contributed by atoms with E-state index in [9.17, 15) is 4.79 Å². The fourth-order valence-corrected chi connectivity index (χ4v) is 2.82. The minimum absolute atomic E-state index is 0.172. The molecule has 26 heavy (non-hydrogen) atoms.